The zero-order valence-electron chi connectivity index (χ0n) is 16.9. The van der Waals surface area contributed by atoms with Crippen LogP contribution in [0.3, 0.4) is 0 Å². The predicted molar refractivity (Wildman–Crippen MR) is 120 cm³/mol. The minimum Gasteiger partial charge on any atom is -0.493 e. The normalized spacial score (nSPS) is 11.7. The van der Waals surface area contributed by atoms with E-state index in [9.17, 15) is 4.79 Å². The number of likely N-dealkylation sites (N-methyl/N-ethyl adjacent to an activating group) is 1. The lowest BCUT2D eigenvalue weighted by Gasteiger charge is -2.15. The van der Waals surface area contributed by atoms with Crippen molar-refractivity contribution < 1.29 is 13.9 Å². The molecule has 3 rings (SSSR count). The van der Waals surface area contributed by atoms with Gasteiger partial charge in [0, 0.05) is 45.3 Å². The fourth-order valence-corrected chi connectivity index (χ4v) is 3.87. The topological polar surface area (TPSA) is 51.5 Å². The lowest BCUT2D eigenvalue weighted by molar-refractivity contribution is -0.116. The van der Waals surface area contributed by atoms with Crippen molar-refractivity contribution in [3.05, 3.63) is 57.8 Å². The molecule has 6 heteroatoms. The lowest BCUT2D eigenvalue weighted by Crippen LogP contribution is -2.20. The molecule has 0 aliphatic rings. The molecule has 0 spiro atoms. The molecule has 1 amide bonds. The minimum absolute atomic E-state index is 0.140. The summed E-state index contributed by atoms with van der Waals surface area (Å²) in [6, 6.07) is 7.37. The lowest BCUT2D eigenvalue weighted by atomic mass is 9.96. The Balaban J connectivity index is 2.25. The molecule has 1 N–H and O–H groups in total. The first-order chi connectivity index (χ1) is 13.9. The monoisotopic (exact) mass is 431 g/mol. The van der Waals surface area contributed by atoms with Gasteiger partial charge in [0.25, 0.3) is 0 Å². The van der Waals surface area contributed by atoms with E-state index in [2.05, 4.69) is 5.32 Å². The molecule has 0 aliphatic heterocycles. The highest BCUT2D eigenvalue weighted by Crippen LogP contribution is 2.42. The summed E-state index contributed by atoms with van der Waals surface area (Å²) in [6.07, 6.45) is 3.27. The van der Waals surface area contributed by atoms with E-state index in [1.54, 1.807) is 24.5 Å². The molecule has 0 bridgehead atoms. The summed E-state index contributed by atoms with van der Waals surface area (Å²) in [5, 5.41) is 4.80. The summed E-state index contributed by atoms with van der Waals surface area (Å²) < 4.78 is 11.8. The number of hydrogen-bond acceptors (Lipinski definition) is 3. The van der Waals surface area contributed by atoms with E-state index in [0.29, 0.717) is 28.9 Å². The maximum absolute atomic E-state index is 12.1. The number of allylic oxidation sites excluding steroid dienone is 1. The average Bonchev–Trinajstić information content (AvgIpc) is 3.08. The van der Waals surface area contributed by atoms with E-state index in [-0.39, 0.29) is 5.91 Å². The molecular weight excluding hydrogens is 409 g/mol. The number of carbonyl (C=O) groups is 1. The highest BCUT2D eigenvalue weighted by Gasteiger charge is 2.20. The Labute approximate surface area is 180 Å². The second-order valence-corrected chi connectivity index (χ2v) is 7.53. The number of halogens is 2. The Kier molecular flexibility index (Phi) is 6.56. The predicted octanol–water partition coefficient (Wildman–Crippen LogP) is 6.65. The van der Waals surface area contributed by atoms with Crippen LogP contribution in [0.2, 0.25) is 10.0 Å². The highest BCUT2D eigenvalue weighted by molar-refractivity contribution is 6.36. The van der Waals surface area contributed by atoms with Gasteiger partial charge in [-0.25, -0.2) is 0 Å². The van der Waals surface area contributed by atoms with Crippen molar-refractivity contribution in [2.24, 2.45) is 0 Å². The second-order valence-electron chi connectivity index (χ2n) is 6.68. The first kappa shape index (κ1) is 21.3. The summed E-state index contributed by atoms with van der Waals surface area (Å²) in [7, 11) is 0. The third-order valence-corrected chi connectivity index (χ3v) is 5.23. The summed E-state index contributed by atoms with van der Waals surface area (Å²) in [5.41, 5.74) is 4.94. The molecule has 0 saturated heterocycles. The molecule has 0 aliphatic carbocycles. The van der Waals surface area contributed by atoms with Gasteiger partial charge in [0.15, 0.2) is 0 Å². The van der Waals surface area contributed by atoms with E-state index in [1.165, 1.54) is 0 Å². The summed E-state index contributed by atoms with van der Waals surface area (Å²) in [4.78, 5) is 12.1. The van der Waals surface area contributed by atoms with Gasteiger partial charge in [0.1, 0.15) is 11.3 Å². The van der Waals surface area contributed by atoms with Gasteiger partial charge >= 0.3 is 0 Å². The third kappa shape index (κ3) is 4.29. The largest absolute Gasteiger partial charge is 0.493 e. The number of hydrogen-bond donors (Lipinski definition) is 1. The average molecular weight is 432 g/mol. The molecule has 4 nitrogen and oxygen atoms in total. The number of nitrogens with one attached hydrogen (secondary N) is 1. The molecule has 152 valence electrons. The molecule has 1 heterocycles. The number of furan rings is 1. The molecule has 2 aromatic carbocycles. The van der Waals surface area contributed by atoms with Crippen LogP contribution >= 0.6 is 23.2 Å². The van der Waals surface area contributed by atoms with Gasteiger partial charge in [0.2, 0.25) is 5.91 Å². The Morgan fingerprint density at radius 3 is 2.62 bits per heavy atom. The van der Waals surface area contributed by atoms with Crippen molar-refractivity contribution in [3.63, 3.8) is 0 Å². The van der Waals surface area contributed by atoms with E-state index in [0.717, 1.165) is 38.8 Å². The molecule has 0 radical (unpaired) electrons. The smallest absolute Gasteiger partial charge is 0.244 e. The number of benzene rings is 2. The van der Waals surface area contributed by atoms with Crippen molar-refractivity contribution in [1.82, 2.24) is 5.32 Å². The van der Waals surface area contributed by atoms with Crippen molar-refractivity contribution >= 4 is 45.7 Å². The number of aryl methyl sites for hydroxylation is 1. The minimum atomic E-state index is -0.140. The van der Waals surface area contributed by atoms with Crippen LogP contribution in [0.15, 0.2) is 41.0 Å². The fraction of sp³-hybridized carbons (Fsp3) is 0.261. The zero-order valence-corrected chi connectivity index (χ0v) is 18.4. The quantitative estimate of drug-likeness (QED) is 0.444. The van der Waals surface area contributed by atoms with Gasteiger partial charge in [-0.3, -0.25) is 4.79 Å². The fourth-order valence-electron chi connectivity index (χ4n) is 3.36. The molecule has 29 heavy (non-hydrogen) atoms. The number of carbonyl (C=O) groups excluding carboxylic acids is 1. The van der Waals surface area contributed by atoms with Crippen molar-refractivity contribution in [2.75, 3.05) is 13.2 Å². The van der Waals surface area contributed by atoms with Crippen LogP contribution in [0.25, 0.3) is 27.7 Å². The first-order valence-corrected chi connectivity index (χ1v) is 10.2. The third-order valence-electron chi connectivity index (χ3n) is 4.68. The van der Waals surface area contributed by atoms with Crippen molar-refractivity contribution in [1.29, 1.82) is 0 Å². The zero-order chi connectivity index (χ0) is 21.1. The molecule has 0 unspecified atom stereocenters. The maximum atomic E-state index is 12.1. The van der Waals surface area contributed by atoms with Crippen LogP contribution in [0.5, 0.6) is 5.75 Å². The van der Waals surface area contributed by atoms with Gasteiger partial charge in [-0.05, 0) is 51.5 Å². The van der Waals surface area contributed by atoms with Crippen molar-refractivity contribution in [2.45, 2.75) is 27.7 Å². The Bertz CT molecular complexity index is 1100. The van der Waals surface area contributed by atoms with Crippen LogP contribution < -0.4 is 10.1 Å². The Hall–Kier alpha value is -2.43. The van der Waals surface area contributed by atoms with Gasteiger partial charge in [-0.2, -0.15) is 0 Å². The van der Waals surface area contributed by atoms with Crippen LogP contribution in [0.4, 0.5) is 0 Å². The molecule has 3 aromatic rings. The number of rotatable bonds is 6. The van der Waals surface area contributed by atoms with Crippen LogP contribution in [0.1, 0.15) is 31.9 Å². The van der Waals surface area contributed by atoms with Crippen LogP contribution in [-0.4, -0.2) is 19.1 Å². The standard InChI is InChI=1S/C23H23Cl2NO3/c1-5-26-21(27)9-13(3)17-11-18-19(16-8-7-15(24)10-20(16)25)12-29-23(18)14(4)22(17)28-6-2/h7-12H,5-6H2,1-4H3,(H,26,27)/b13-9+. The maximum Gasteiger partial charge on any atom is 0.244 e. The molecular formula is C23H23Cl2NO3. The van der Waals surface area contributed by atoms with E-state index in [1.807, 2.05) is 39.8 Å². The van der Waals surface area contributed by atoms with Gasteiger partial charge in [-0.1, -0.05) is 29.3 Å². The summed E-state index contributed by atoms with van der Waals surface area (Å²) in [6.45, 7) is 8.73. The summed E-state index contributed by atoms with van der Waals surface area (Å²) in [5.74, 6) is 0.569. The summed E-state index contributed by atoms with van der Waals surface area (Å²) >= 11 is 12.5. The Morgan fingerprint density at radius 1 is 1.21 bits per heavy atom. The number of fused-ring (bicyclic) bond motifs is 1. The molecule has 0 saturated carbocycles. The molecule has 0 atom stereocenters. The second kappa shape index (κ2) is 8.93. The van der Waals surface area contributed by atoms with E-state index < -0.39 is 0 Å². The van der Waals surface area contributed by atoms with E-state index in [4.69, 9.17) is 32.4 Å². The Morgan fingerprint density at radius 2 is 1.97 bits per heavy atom. The number of amides is 1. The van der Waals surface area contributed by atoms with Crippen LogP contribution in [-0.2, 0) is 4.79 Å². The SMILES string of the molecule is CCNC(=O)/C=C(\C)c1cc2c(-c3ccc(Cl)cc3Cl)coc2c(C)c1OCC. The van der Waals surface area contributed by atoms with Crippen molar-refractivity contribution in [3.8, 4) is 16.9 Å². The van der Waals surface area contributed by atoms with Gasteiger partial charge < -0.3 is 14.5 Å². The number of ether oxygens (including phenoxy) is 1. The van der Waals surface area contributed by atoms with Gasteiger partial charge in [0.05, 0.1) is 17.9 Å². The first-order valence-electron chi connectivity index (χ1n) is 9.46. The molecule has 0 fully saturated rings. The van der Waals surface area contributed by atoms with Gasteiger partial charge in [-0.15, -0.1) is 0 Å². The molecule has 1 aromatic heterocycles. The van der Waals surface area contributed by atoms with E-state index >= 15 is 0 Å². The highest BCUT2D eigenvalue weighted by atomic mass is 35.5. The van der Waals surface area contributed by atoms with Crippen LogP contribution in [0, 0.1) is 6.92 Å².